The lowest BCUT2D eigenvalue weighted by Crippen LogP contribution is -2.45. The fourth-order valence-corrected chi connectivity index (χ4v) is 13.9. The van der Waals surface area contributed by atoms with E-state index in [0.29, 0.717) is 199 Å². The Hall–Kier alpha value is -10.2. The molecule has 10 rings (SSSR count). The Morgan fingerprint density at radius 2 is 1.16 bits per heavy atom. The fraction of sp³-hybridized carbons (Fsp3) is 0.489. The number of Topliss-reactive ketones (excluding diaryl/α,β-unsaturated/α-hetero) is 3. The number of carbonyl (C=O) groups excluding carboxylic acids is 9. The first kappa shape index (κ1) is 88.2. The molecule has 28 heteroatoms. The first-order valence-electron chi connectivity index (χ1n) is 39.8. The van der Waals surface area contributed by atoms with Crippen molar-refractivity contribution in [3.63, 3.8) is 0 Å². The van der Waals surface area contributed by atoms with E-state index in [1.54, 1.807) is 56.4 Å². The van der Waals surface area contributed by atoms with Gasteiger partial charge >= 0.3 is 6.09 Å². The van der Waals surface area contributed by atoms with Crippen molar-refractivity contribution in [2.45, 2.75) is 137 Å². The Kier molecular flexibility index (Phi) is 33.6. The SMILES string of the molecule is C/C=C1\CN2C(=O)c3cc(C)c(OCc4cc(COc5cc6c(cc5OC)C(=O)N5Cc7ccccc7CC5C=N6)cc(N(C)C(=O)OCc5ccc(CC(=O)[C@H](C)NC(=O)[C@@H](CC(=O)CCOCCOCCOCCOCCOCCOCCOCCOCCCC(=O)CCN6C(=O)C=CC6=O)C(C)C)cc5)c4)cc3N=C[C@]2(C)C1. The second-order valence-electron chi connectivity index (χ2n) is 29.7. The highest BCUT2D eigenvalue weighted by atomic mass is 16.6. The van der Waals surface area contributed by atoms with Crippen molar-refractivity contribution in [2.75, 3.05) is 138 Å². The number of fused-ring (bicyclic) bond motifs is 5. The van der Waals surface area contributed by atoms with E-state index in [-0.39, 0.29) is 124 Å². The number of allylic oxidation sites excluding steroid dienone is 1. The predicted octanol–water partition coefficient (Wildman–Crippen LogP) is 10.5. The average molecular weight is 1600 g/mol. The van der Waals surface area contributed by atoms with Gasteiger partial charge in [-0.25, -0.2) is 4.79 Å². The summed E-state index contributed by atoms with van der Waals surface area (Å²) >= 11 is 0. The summed E-state index contributed by atoms with van der Waals surface area (Å²) in [6.45, 7) is 18.2. The van der Waals surface area contributed by atoms with Crippen LogP contribution in [0.3, 0.4) is 0 Å². The molecule has 0 aromatic heterocycles. The number of nitrogens with zero attached hydrogens (tertiary/aromatic N) is 6. The summed E-state index contributed by atoms with van der Waals surface area (Å²) in [7, 11) is 3.12. The molecule has 622 valence electrons. The molecular formula is C88H109N7O21. The van der Waals surface area contributed by atoms with Gasteiger partial charge in [-0.3, -0.25) is 58.1 Å². The molecule has 5 heterocycles. The van der Waals surface area contributed by atoms with Crippen LogP contribution in [-0.2, 0) is 111 Å². The maximum absolute atomic E-state index is 14.2. The van der Waals surface area contributed by atoms with Gasteiger partial charge in [0.25, 0.3) is 23.6 Å². The Labute approximate surface area is 678 Å². The van der Waals surface area contributed by atoms with Gasteiger partial charge in [-0.05, 0) is 122 Å². The highest BCUT2D eigenvalue weighted by molar-refractivity contribution is 6.13. The minimum atomic E-state index is -0.835. The van der Waals surface area contributed by atoms with Gasteiger partial charge in [0.05, 0.1) is 146 Å². The summed E-state index contributed by atoms with van der Waals surface area (Å²) in [4.78, 5) is 134. The number of ketones is 3. The van der Waals surface area contributed by atoms with E-state index in [2.05, 4.69) is 17.5 Å². The van der Waals surface area contributed by atoms with Gasteiger partial charge < -0.3 is 72.0 Å². The lowest BCUT2D eigenvalue weighted by molar-refractivity contribution is -0.137. The molecule has 116 heavy (non-hydrogen) atoms. The number of nitrogens with one attached hydrogen (secondary N) is 1. The minimum Gasteiger partial charge on any atom is -0.493 e. The van der Waals surface area contributed by atoms with Gasteiger partial charge in [0, 0.05) is 114 Å². The minimum absolute atomic E-state index is 0.00266. The lowest BCUT2D eigenvalue weighted by Gasteiger charge is -2.34. The number of hydrogen-bond acceptors (Lipinski definition) is 23. The summed E-state index contributed by atoms with van der Waals surface area (Å²) in [5, 5.41) is 2.84. The molecule has 28 nitrogen and oxygen atoms in total. The molecule has 5 aliphatic heterocycles. The molecule has 0 bridgehead atoms. The normalized spacial score (nSPS) is 16.9. The van der Waals surface area contributed by atoms with Crippen LogP contribution in [0.5, 0.6) is 17.2 Å². The quantitative estimate of drug-likeness (QED) is 0.0215. The lowest BCUT2D eigenvalue weighted by atomic mass is 9.88. The van der Waals surface area contributed by atoms with Crippen LogP contribution in [0.15, 0.2) is 125 Å². The van der Waals surface area contributed by atoms with Crippen LogP contribution in [0.2, 0.25) is 0 Å². The van der Waals surface area contributed by atoms with Crippen molar-refractivity contribution in [1.29, 1.82) is 0 Å². The molecule has 5 aliphatic rings. The largest absolute Gasteiger partial charge is 0.493 e. The monoisotopic (exact) mass is 1600 g/mol. The van der Waals surface area contributed by atoms with Gasteiger partial charge in [0.1, 0.15) is 37.1 Å². The molecule has 5 aromatic rings. The summed E-state index contributed by atoms with van der Waals surface area (Å²) in [6.07, 6.45) is 9.97. The summed E-state index contributed by atoms with van der Waals surface area (Å²) < 4.78 is 69.1. The second-order valence-corrected chi connectivity index (χ2v) is 29.7. The topological polar surface area (TPSA) is 314 Å². The zero-order valence-corrected chi connectivity index (χ0v) is 67.8. The Balaban J connectivity index is 0.600. The third kappa shape index (κ3) is 25.4. The third-order valence-electron chi connectivity index (χ3n) is 20.7. The molecule has 1 N–H and O–H groups in total. The number of benzene rings is 5. The summed E-state index contributed by atoms with van der Waals surface area (Å²) in [6, 6.07) is 26.7. The molecule has 5 aromatic carbocycles. The highest BCUT2D eigenvalue weighted by Gasteiger charge is 2.43. The molecule has 0 radical (unpaired) electrons. The van der Waals surface area contributed by atoms with Crippen molar-refractivity contribution in [1.82, 2.24) is 20.0 Å². The number of methoxy groups -OCH3 is 1. The second kappa shape index (κ2) is 44.2. The Morgan fingerprint density at radius 3 is 1.77 bits per heavy atom. The van der Waals surface area contributed by atoms with E-state index in [0.717, 1.165) is 16.0 Å². The van der Waals surface area contributed by atoms with Crippen molar-refractivity contribution in [2.24, 2.45) is 21.8 Å². The molecule has 1 fully saturated rings. The molecule has 0 saturated carbocycles. The number of rotatable bonds is 49. The number of anilines is 1. The number of carbonyl (C=O) groups is 9. The van der Waals surface area contributed by atoms with Crippen molar-refractivity contribution >= 4 is 82.5 Å². The van der Waals surface area contributed by atoms with E-state index in [1.807, 2.05) is 99.3 Å². The van der Waals surface area contributed by atoms with Gasteiger partial charge in [0.2, 0.25) is 5.91 Å². The molecule has 0 aliphatic carbocycles. The maximum Gasteiger partial charge on any atom is 0.414 e. The molecule has 1 saturated heterocycles. The van der Waals surface area contributed by atoms with Crippen molar-refractivity contribution in [3.05, 3.63) is 165 Å². The zero-order valence-electron chi connectivity index (χ0n) is 67.8. The standard InChI is InChI=1S/C88H109N7O21/c1-9-62-51-88(6)58-90-77-49-79(60(4)41-74(77)86(103)95(88)53-62)114-56-65-42-66(57-115-81-50-76-75(48-80(81)105-8)85(102)94-54-68-14-11-10-13-67(68)46-70(94)52-89-76)44-69(43-65)92(7)87(104)116-55-64-18-16-63(17-19-64)45-78(98)61(5)91-84(101)73(59(2)3)47-72(97)23-26-107-28-30-109-32-34-111-36-38-113-40-39-112-37-35-110-33-31-108-29-27-106-25-12-15-71(96)22-24-93-82(99)20-21-83(93)100/h9-11,13-14,16-21,41-44,48-50,52,58-59,61,70,73H,12,15,22-40,45-47,51,53-57H2,1-8H3,(H,91,101)/b62-9-/t61-,70?,73-,88-/m0/s1. The highest BCUT2D eigenvalue weighted by Crippen LogP contribution is 2.42. The van der Waals surface area contributed by atoms with Gasteiger partial charge in [0.15, 0.2) is 17.3 Å². The van der Waals surface area contributed by atoms with Crippen LogP contribution < -0.4 is 24.4 Å². The number of amides is 6. The van der Waals surface area contributed by atoms with Crippen LogP contribution in [0.1, 0.15) is 133 Å². The Bertz CT molecular complexity index is 4370. The first-order valence-corrected chi connectivity index (χ1v) is 39.8. The van der Waals surface area contributed by atoms with E-state index >= 15 is 0 Å². The first-order chi connectivity index (χ1) is 56.1. The van der Waals surface area contributed by atoms with Crippen LogP contribution in [0.25, 0.3) is 0 Å². The number of aliphatic imine (C=N–C) groups is 2. The molecule has 0 spiro atoms. The molecule has 1 unspecified atom stereocenters. The molecule has 4 atom stereocenters. The Morgan fingerprint density at radius 1 is 0.603 bits per heavy atom. The van der Waals surface area contributed by atoms with Gasteiger partial charge in [-0.15, -0.1) is 0 Å². The maximum atomic E-state index is 14.2. The summed E-state index contributed by atoms with van der Waals surface area (Å²) in [5.74, 6) is -1.41. The number of aryl methyl sites for hydroxylation is 1. The van der Waals surface area contributed by atoms with Crippen LogP contribution in [0, 0.1) is 18.8 Å². The van der Waals surface area contributed by atoms with Crippen molar-refractivity contribution in [3.8, 4) is 17.2 Å². The van der Waals surface area contributed by atoms with Crippen LogP contribution in [-0.4, -0.2) is 231 Å². The predicted molar refractivity (Wildman–Crippen MR) is 432 cm³/mol. The summed E-state index contributed by atoms with van der Waals surface area (Å²) in [5.41, 5.74) is 8.66. The average Bonchev–Trinajstić information content (AvgIpc) is 1.64. The number of ether oxygens (including phenoxy) is 12. The fourth-order valence-electron chi connectivity index (χ4n) is 13.9. The molecule has 6 amide bonds. The van der Waals surface area contributed by atoms with Crippen LogP contribution in [0.4, 0.5) is 21.9 Å². The van der Waals surface area contributed by atoms with Gasteiger partial charge in [-0.2, -0.15) is 0 Å². The van der Waals surface area contributed by atoms with E-state index < -0.39 is 23.6 Å². The van der Waals surface area contributed by atoms with E-state index in [1.165, 1.54) is 35.3 Å². The van der Waals surface area contributed by atoms with E-state index in [4.69, 9.17) is 66.8 Å². The third-order valence-corrected chi connectivity index (χ3v) is 20.7. The zero-order chi connectivity index (χ0) is 82.5. The number of hydrogen-bond donors (Lipinski definition) is 1. The van der Waals surface area contributed by atoms with Crippen molar-refractivity contribution < 1.29 is 100.0 Å². The molecular weight excluding hydrogens is 1490 g/mol. The smallest absolute Gasteiger partial charge is 0.414 e. The van der Waals surface area contributed by atoms with E-state index in [9.17, 15) is 43.2 Å². The van der Waals surface area contributed by atoms with Gasteiger partial charge in [-0.1, -0.05) is 74.0 Å². The number of imide groups is 1. The van der Waals surface area contributed by atoms with Crippen LogP contribution >= 0.6 is 0 Å².